The van der Waals surface area contributed by atoms with E-state index in [1.807, 2.05) is 0 Å². The summed E-state index contributed by atoms with van der Waals surface area (Å²) in [6, 6.07) is 8.41. The molecule has 3 rings (SSSR count). The van der Waals surface area contributed by atoms with Crippen LogP contribution in [0.15, 0.2) is 24.3 Å². The quantitative estimate of drug-likeness (QED) is 0.806. The normalized spacial score (nSPS) is 14.6. The highest BCUT2D eigenvalue weighted by Crippen LogP contribution is 2.39. The second kappa shape index (κ2) is 5.88. The van der Waals surface area contributed by atoms with Gasteiger partial charge in [-0.15, -0.1) is 11.6 Å². The smallest absolute Gasteiger partial charge is 0.207 e. The van der Waals surface area contributed by atoms with Crippen molar-refractivity contribution in [2.24, 2.45) is 0 Å². The Morgan fingerprint density at radius 3 is 3.05 bits per heavy atom. The first-order valence-electron chi connectivity index (χ1n) is 6.60. The van der Waals surface area contributed by atoms with E-state index in [1.165, 1.54) is 29.9 Å². The van der Waals surface area contributed by atoms with Crippen molar-refractivity contribution in [2.45, 2.75) is 31.6 Å². The van der Waals surface area contributed by atoms with Crippen molar-refractivity contribution in [3.05, 3.63) is 35.7 Å². The maximum atomic E-state index is 5.73. The number of hydrogen-bond donors (Lipinski definition) is 1. The zero-order valence-electron chi connectivity index (χ0n) is 10.6. The summed E-state index contributed by atoms with van der Waals surface area (Å²) in [6.07, 6.45) is 4.51. The highest BCUT2D eigenvalue weighted by Gasteiger charge is 2.27. The molecular formula is C14H16ClN3S. The van der Waals surface area contributed by atoms with Crippen molar-refractivity contribution in [2.75, 3.05) is 11.2 Å². The van der Waals surface area contributed by atoms with Crippen molar-refractivity contribution in [3.63, 3.8) is 0 Å². The fraction of sp³-hybridized carbons (Fsp3) is 0.429. The van der Waals surface area contributed by atoms with Crippen LogP contribution in [-0.2, 0) is 6.42 Å². The predicted octanol–water partition coefficient (Wildman–Crippen LogP) is 4.33. The van der Waals surface area contributed by atoms with E-state index in [0.717, 1.165) is 29.5 Å². The number of anilines is 2. The molecular weight excluding hydrogens is 278 g/mol. The maximum Gasteiger partial charge on any atom is 0.207 e. The van der Waals surface area contributed by atoms with Crippen LogP contribution < -0.4 is 5.32 Å². The Kier molecular flexibility index (Phi) is 3.99. The van der Waals surface area contributed by atoms with Crippen LogP contribution in [0.25, 0.3) is 0 Å². The van der Waals surface area contributed by atoms with E-state index in [9.17, 15) is 0 Å². The van der Waals surface area contributed by atoms with Gasteiger partial charge < -0.3 is 5.32 Å². The molecule has 0 aliphatic heterocycles. The van der Waals surface area contributed by atoms with Gasteiger partial charge in [0.2, 0.25) is 5.13 Å². The predicted molar refractivity (Wildman–Crippen MR) is 80.6 cm³/mol. The molecule has 0 saturated heterocycles. The van der Waals surface area contributed by atoms with Crippen LogP contribution >= 0.6 is 23.1 Å². The molecule has 0 atom stereocenters. The molecule has 1 aliphatic rings. The van der Waals surface area contributed by atoms with E-state index in [1.54, 1.807) is 0 Å². The largest absolute Gasteiger partial charge is 0.330 e. The standard InChI is InChI=1S/C14H16ClN3S/c15-8-2-4-10-3-1-5-12(9-10)16-14-17-13(18-19-14)11-6-7-11/h1,3,5,9,11H,2,4,6-8H2,(H,16,17,18). The van der Waals surface area contributed by atoms with Crippen LogP contribution in [0.2, 0.25) is 0 Å². The molecule has 1 heterocycles. The molecule has 1 aromatic heterocycles. The summed E-state index contributed by atoms with van der Waals surface area (Å²) in [4.78, 5) is 4.53. The molecule has 19 heavy (non-hydrogen) atoms. The van der Waals surface area contributed by atoms with Crippen LogP contribution in [0.3, 0.4) is 0 Å². The molecule has 1 aliphatic carbocycles. The number of aromatic nitrogens is 2. The van der Waals surface area contributed by atoms with Crippen LogP contribution in [-0.4, -0.2) is 15.2 Å². The molecule has 1 aromatic carbocycles. The van der Waals surface area contributed by atoms with E-state index in [-0.39, 0.29) is 0 Å². The van der Waals surface area contributed by atoms with Gasteiger partial charge in [0.25, 0.3) is 0 Å². The Hall–Kier alpha value is -1.13. The van der Waals surface area contributed by atoms with E-state index >= 15 is 0 Å². The van der Waals surface area contributed by atoms with Gasteiger partial charge in [0.05, 0.1) is 0 Å². The molecule has 1 saturated carbocycles. The number of nitrogens with zero attached hydrogens (tertiary/aromatic N) is 2. The molecule has 0 amide bonds. The first-order valence-corrected chi connectivity index (χ1v) is 7.91. The van der Waals surface area contributed by atoms with Crippen molar-refractivity contribution in [1.82, 2.24) is 9.36 Å². The van der Waals surface area contributed by atoms with Crippen molar-refractivity contribution in [1.29, 1.82) is 0 Å². The van der Waals surface area contributed by atoms with Gasteiger partial charge in [-0.25, -0.2) is 4.98 Å². The van der Waals surface area contributed by atoms with Crippen LogP contribution in [0.4, 0.5) is 10.8 Å². The summed E-state index contributed by atoms with van der Waals surface area (Å²) in [5, 5.41) is 4.22. The number of nitrogens with one attached hydrogen (secondary N) is 1. The third-order valence-electron chi connectivity index (χ3n) is 3.16. The number of halogens is 1. The number of hydrogen-bond acceptors (Lipinski definition) is 4. The summed E-state index contributed by atoms with van der Waals surface area (Å²) in [5.41, 5.74) is 2.38. The van der Waals surface area contributed by atoms with Gasteiger partial charge in [0.1, 0.15) is 5.82 Å². The lowest BCUT2D eigenvalue weighted by Crippen LogP contribution is -1.92. The van der Waals surface area contributed by atoms with E-state index in [0.29, 0.717) is 11.8 Å². The Morgan fingerprint density at radius 2 is 2.26 bits per heavy atom. The van der Waals surface area contributed by atoms with Crippen LogP contribution in [0.5, 0.6) is 0 Å². The van der Waals surface area contributed by atoms with Crippen molar-refractivity contribution < 1.29 is 0 Å². The minimum atomic E-state index is 0.613. The second-order valence-electron chi connectivity index (χ2n) is 4.85. The Labute approximate surface area is 122 Å². The second-order valence-corrected chi connectivity index (χ2v) is 5.98. The molecule has 0 radical (unpaired) electrons. The van der Waals surface area contributed by atoms with Gasteiger partial charge in [-0.05, 0) is 43.4 Å². The lowest BCUT2D eigenvalue weighted by atomic mass is 10.1. The molecule has 0 bridgehead atoms. The first-order chi connectivity index (χ1) is 9.35. The number of rotatable bonds is 6. The number of aryl methyl sites for hydroxylation is 1. The molecule has 2 aromatic rings. The van der Waals surface area contributed by atoms with Crippen LogP contribution in [0, 0.1) is 0 Å². The highest BCUT2D eigenvalue weighted by molar-refractivity contribution is 7.09. The summed E-state index contributed by atoms with van der Waals surface area (Å²) in [7, 11) is 0. The van der Waals surface area contributed by atoms with Crippen LogP contribution in [0.1, 0.15) is 36.6 Å². The maximum absolute atomic E-state index is 5.73. The zero-order chi connectivity index (χ0) is 13.1. The van der Waals surface area contributed by atoms with Crippen molar-refractivity contribution >= 4 is 34.0 Å². The van der Waals surface area contributed by atoms with Gasteiger partial charge >= 0.3 is 0 Å². The molecule has 0 spiro atoms. The molecule has 0 unspecified atom stereocenters. The average Bonchev–Trinajstić information content (AvgIpc) is 3.18. The summed E-state index contributed by atoms with van der Waals surface area (Å²) in [6.45, 7) is 0. The fourth-order valence-corrected chi connectivity index (χ4v) is 2.79. The Bertz CT molecular complexity index is 551. The third-order valence-corrected chi connectivity index (χ3v) is 4.07. The Morgan fingerprint density at radius 1 is 1.37 bits per heavy atom. The van der Waals surface area contributed by atoms with Crippen molar-refractivity contribution in [3.8, 4) is 0 Å². The van der Waals surface area contributed by atoms with Gasteiger partial charge in [0.15, 0.2) is 0 Å². The van der Waals surface area contributed by atoms with Gasteiger partial charge in [-0.2, -0.15) is 4.37 Å². The monoisotopic (exact) mass is 293 g/mol. The zero-order valence-corrected chi connectivity index (χ0v) is 12.2. The molecule has 1 N–H and O–H groups in total. The lowest BCUT2D eigenvalue weighted by molar-refractivity contribution is 0.929. The minimum Gasteiger partial charge on any atom is -0.330 e. The SMILES string of the molecule is ClCCCc1cccc(Nc2nc(C3CC3)ns2)c1. The average molecular weight is 294 g/mol. The number of alkyl halides is 1. The van der Waals surface area contributed by atoms with Gasteiger partial charge in [0, 0.05) is 29.0 Å². The third kappa shape index (κ3) is 3.45. The molecule has 5 heteroatoms. The van der Waals surface area contributed by atoms with E-state index in [2.05, 4.69) is 38.9 Å². The molecule has 3 nitrogen and oxygen atoms in total. The van der Waals surface area contributed by atoms with E-state index in [4.69, 9.17) is 11.6 Å². The summed E-state index contributed by atoms with van der Waals surface area (Å²) >= 11 is 7.17. The fourth-order valence-electron chi connectivity index (χ4n) is 1.99. The first kappa shape index (κ1) is 12.9. The highest BCUT2D eigenvalue weighted by atomic mass is 35.5. The summed E-state index contributed by atoms with van der Waals surface area (Å²) in [5.74, 6) is 2.33. The van der Waals surface area contributed by atoms with Gasteiger partial charge in [-0.1, -0.05) is 12.1 Å². The Balaban J connectivity index is 1.67. The minimum absolute atomic E-state index is 0.613. The summed E-state index contributed by atoms with van der Waals surface area (Å²) < 4.78 is 4.40. The number of benzene rings is 1. The molecule has 100 valence electrons. The molecule has 1 fully saturated rings. The topological polar surface area (TPSA) is 37.8 Å². The van der Waals surface area contributed by atoms with E-state index < -0.39 is 0 Å². The van der Waals surface area contributed by atoms with Gasteiger partial charge in [-0.3, -0.25) is 0 Å². The lowest BCUT2D eigenvalue weighted by Gasteiger charge is -2.05.